The molecule has 0 saturated carbocycles. The first-order valence-electron chi connectivity index (χ1n) is 3.99. The fraction of sp³-hybridized carbons (Fsp3) is 0.250. The highest BCUT2D eigenvalue weighted by Crippen LogP contribution is 2.29. The van der Waals surface area contributed by atoms with Crippen LogP contribution >= 0.6 is 11.6 Å². The molecule has 1 heterocycles. The number of aromatic carboxylic acids is 1. The van der Waals surface area contributed by atoms with Gasteiger partial charge in [-0.15, -0.1) is 24.8 Å². The predicted octanol–water partition coefficient (Wildman–Crippen LogP) is 2.56. The third kappa shape index (κ3) is 3.45. The Balaban J connectivity index is 3.29. The molecule has 0 fully saturated rings. The lowest BCUT2D eigenvalue weighted by Gasteiger charge is -2.12. The molecule has 0 spiro atoms. The van der Waals surface area contributed by atoms with E-state index in [1.165, 1.54) is 0 Å². The monoisotopic (exact) mass is 273 g/mol. The number of carboxylic acid groups (broad SMARTS) is 1. The first kappa shape index (κ1) is 13.5. The van der Waals surface area contributed by atoms with E-state index in [2.05, 4.69) is 9.72 Å². The molecule has 0 aliphatic carbocycles. The molecular weight excluding hydrogens is 270 g/mol. The third-order valence-corrected chi connectivity index (χ3v) is 1.88. The van der Waals surface area contributed by atoms with Gasteiger partial charge < -0.3 is 9.84 Å². The molecule has 4 nitrogen and oxygen atoms in total. The second-order valence-electron chi connectivity index (χ2n) is 2.76. The molecule has 0 saturated heterocycles. The van der Waals surface area contributed by atoms with E-state index in [0.29, 0.717) is 6.07 Å². The summed E-state index contributed by atoms with van der Waals surface area (Å²) in [5, 5.41) is 8.50. The lowest BCUT2D eigenvalue weighted by Crippen LogP contribution is -2.19. The van der Waals surface area contributed by atoms with E-state index in [4.69, 9.17) is 16.7 Å². The van der Waals surface area contributed by atoms with Crippen LogP contribution in [-0.2, 0) is 5.88 Å². The fourth-order valence-electron chi connectivity index (χ4n) is 0.965. The Morgan fingerprint density at radius 2 is 2.12 bits per heavy atom. The quantitative estimate of drug-likeness (QED) is 0.522. The summed E-state index contributed by atoms with van der Waals surface area (Å²) in [4.78, 5) is 13.4. The maximum Gasteiger partial charge on any atom is 0.573 e. The van der Waals surface area contributed by atoms with Crippen molar-refractivity contribution in [1.29, 1.82) is 0 Å². The van der Waals surface area contributed by atoms with E-state index in [1.807, 2.05) is 0 Å². The van der Waals surface area contributed by atoms with Gasteiger partial charge in [0, 0.05) is 6.07 Å². The van der Waals surface area contributed by atoms with Gasteiger partial charge >= 0.3 is 12.3 Å². The second-order valence-corrected chi connectivity index (χ2v) is 3.03. The van der Waals surface area contributed by atoms with Crippen LogP contribution in [-0.4, -0.2) is 22.4 Å². The maximum atomic E-state index is 13.1. The van der Waals surface area contributed by atoms with Gasteiger partial charge in [0.1, 0.15) is 5.75 Å². The molecule has 0 atom stereocenters. The summed E-state index contributed by atoms with van der Waals surface area (Å²) in [6.07, 6.45) is -5.08. The number of rotatable bonds is 3. The molecule has 1 N–H and O–H groups in total. The van der Waals surface area contributed by atoms with Crippen molar-refractivity contribution in [3.8, 4) is 5.75 Å². The predicted molar refractivity (Wildman–Crippen MR) is 47.4 cm³/mol. The van der Waals surface area contributed by atoms with Crippen LogP contribution in [0.25, 0.3) is 0 Å². The molecule has 1 aromatic rings. The SMILES string of the molecule is O=C(O)c1cc(OC(F)(F)F)c(CCl)c(F)n1. The molecule has 0 amide bonds. The van der Waals surface area contributed by atoms with Crippen LogP contribution in [0, 0.1) is 5.95 Å². The normalized spacial score (nSPS) is 11.4. The molecule has 1 aromatic heterocycles. The molecule has 1 rings (SSSR count). The molecule has 0 unspecified atom stereocenters. The summed E-state index contributed by atoms with van der Waals surface area (Å²) >= 11 is 5.22. The minimum absolute atomic E-state index is 0.455. The minimum atomic E-state index is -5.08. The van der Waals surface area contributed by atoms with Gasteiger partial charge in [0.05, 0.1) is 11.4 Å². The van der Waals surface area contributed by atoms with Crippen LogP contribution in [0.5, 0.6) is 5.75 Å². The van der Waals surface area contributed by atoms with Crippen LogP contribution in [0.15, 0.2) is 6.07 Å². The summed E-state index contributed by atoms with van der Waals surface area (Å²) in [6.45, 7) is 0. The highest BCUT2D eigenvalue weighted by Gasteiger charge is 2.33. The highest BCUT2D eigenvalue weighted by atomic mass is 35.5. The number of nitrogens with zero attached hydrogens (tertiary/aromatic N) is 1. The number of carboxylic acids is 1. The van der Waals surface area contributed by atoms with Gasteiger partial charge in [0.2, 0.25) is 5.95 Å². The molecule has 94 valence electrons. The molecule has 0 aliphatic heterocycles. The number of carbonyl (C=O) groups is 1. The van der Waals surface area contributed by atoms with E-state index in [1.54, 1.807) is 0 Å². The largest absolute Gasteiger partial charge is 0.573 e. The molecule has 0 bridgehead atoms. The molecule has 0 aliphatic rings. The number of halogens is 5. The third-order valence-electron chi connectivity index (χ3n) is 1.61. The van der Waals surface area contributed by atoms with Crippen molar-refractivity contribution in [2.75, 3.05) is 0 Å². The first-order chi connectivity index (χ1) is 7.74. The van der Waals surface area contributed by atoms with Crippen LogP contribution in [0.3, 0.4) is 0 Å². The second kappa shape index (κ2) is 4.74. The van der Waals surface area contributed by atoms with Crippen LogP contribution < -0.4 is 4.74 Å². The van der Waals surface area contributed by atoms with Gasteiger partial charge in [-0.2, -0.15) is 4.39 Å². The van der Waals surface area contributed by atoms with E-state index in [-0.39, 0.29) is 0 Å². The molecule has 0 aromatic carbocycles. The van der Waals surface area contributed by atoms with E-state index in [9.17, 15) is 22.4 Å². The number of ether oxygens (including phenoxy) is 1. The van der Waals surface area contributed by atoms with Crippen LogP contribution in [0.1, 0.15) is 16.1 Å². The van der Waals surface area contributed by atoms with Gasteiger partial charge in [0.25, 0.3) is 0 Å². The zero-order valence-corrected chi connectivity index (χ0v) is 8.64. The van der Waals surface area contributed by atoms with Crippen molar-refractivity contribution in [3.05, 3.63) is 23.3 Å². The molecule has 9 heteroatoms. The van der Waals surface area contributed by atoms with Gasteiger partial charge in [-0.3, -0.25) is 0 Å². The van der Waals surface area contributed by atoms with Crippen molar-refractivity contribution in [2.45, 2.75) is 12.2 Å². The summed E-state index contributed by atoms with van der Waals surface area (Å²) in [5.41, 5.74) is -1.57. The lowest BCUT2D eigenvalue weighted by molar-refractivity contribution is -0.275. The first-order valence-corrected chi connectivity index (χ1v) is 4.52. The Bertz CT molecular complexity index is 449. The highest BCUT2D eigenvalue weighted by molar-refractivity contribution is 6.17. The van der Waals surface area contributed by atoms with E-state index < -0.39 is 41.2 Å². The number of pyridine rings is 1. The average molecular weight is 274 g/mol. The Kier molecular flexibility index (Phi) is 3.76. The molecule has 0 radical (unpaired) electrons. The van der Waals surface area contributed by atoms with Gasteiger partial charge in [0.15, 0.2) is 5.69 Å². The van der Waals surface area contributed by atoms with Gasteiger partial charge in [-0.1, -0.05) is 0 Å². The number of hydrogen-bond donors (Lipinski definition) is 1. The Labute approximate surface area is 96.8 Å². The summed E-state index contributed by atoms with van der Waals surface area (Å²) in [6, 6.07) is 0.455. The number of alkyl halides is 4. The smallest absolute Gasteiger partial charge is 0.477 e. The minimum Gasteiger partial charge on any atom is -0.477 e. The van der Waals surface area contributed by atoms with E-state index >= 15 is 0 Å². The Morgan fingerprint density at radius 1 is 1.53 bits per heavy atom. The topological polar surface area (TPSA) is 59.4 Å². The zero-order chi connectivity index (χ0) is 13.2. The van der Waals surface area contributed by atoms with Crippen molar-refractivity contribution in [2.24, 2.45) is 0 Å². The zero-order valence-electron chi connectivity index (χ0n) is 7.89. The summed E-state index contributed by atoms with van der Waals surface area (Å²) in [7, 11) is 0. The van der Waals surface area contributed by atoms with Crippen LogP contribution in [0.2, 0.25) is 0 Å². The lowest BCUT2D eigenvalue weighted by atomic mass is 10.2. The van der Waals surface area contributed by atoms with Crippen LogP contribution in [0.4, 0.5) is 17.6 Å². The summed E-state index contributed by atoms with van der Waals surface area (Å²) < 4.78 is 52.5. The van der Waals surface area contributed by atoms with Crippen molar-refractivity contribution < 1.29 is 32.2 Å². The van der Waals surface area contributed by atoms with E-state index in [0.717, 1.165) is 0 Å². The number of aromatic nitrogens is 1. The Hall–Kier alpha value is -1.57. The van der Waals surface area contributed by atoms with Gasteiger partial charge in [-0.05, 0) is 0 Å². The standard InChI is InChI=1S/C8H4ClF4NO3/c9-2-3-5(17-8(11,12)13)1-4(7(15)16)14-6(3)10/h1H,2H2,(H,15,16). The molecular formula is C8H4ClF4NO3. The van der Waals surface area contributed by atoms with Crippen molar-refractivity contribution >= 4 is 17.6 Å². The Morgan fingerprint density at radius 3 is 2.53 bits per heavy atom. The number of hydrogen-bond acceptors (Lipinski definition) is 3. The van der Waals surface area contributed by atoms with Crippen molar-refractivity contribution in [3.63, 3.8) is 0 Å². The average Bonchev–Trinajstić information content (AvgIpc) is 2.14. The fourth-order valence-corrected chi connectivity index (χ4v) is 1.21. The summed E-state index contributed by atoms with van der Waals surface area (Å²) in [5.74, 6) is -4.75. The van der Waals surface area contributed by atoms with Crippen molar-refractivity contribution in [1.82, 2.24) is 4.98 Å². The maximum absolute atomic E-state index is 13.1. The molecule has 17 heavy (non-hydrogen) atoms. The van der Waals surface area contributed by atoms with Gasteiger partial charge in [-0.25, -0.2) is 9.78 Å².